The van der Waals surface area contributed by atoms with Crippen molar-refractivity contribution in [1.82, 2.24) is 0 Å². The summed E-state index contributed by atoms with van der Waals surface area (Å²) in [5, 5.41) is 0. The van der Waals surface area contributed by atoms with Gasteiger partial charge < -0.3 is 4.74 Å². The second-order valence-corrected chi connectivity index (χ2v) is 2.27. The number of carbonyl (C=O) groups excluding carboxylic acids is 1. The van der Waals surface area contributed by atoms with Crippen molar-refractivity contribution in [3.05, 3.63) is 0 Å². The van der Waals surface area contributed by atoms with E-state index in [1.165, 1.54) is 0 Å². The molecule has 0 amide bonds. The maximum atomic E-state index is 12.0. The highest BCUT2D eigenvalue weighted by atomic mass is 19.3. The van der Waals surface area contributed by atoms with Crippen LogP contribution in [0.4, 0.5) is 8.78 Å². The average Bonchev–Trinajstić information content (AvgIpc) is 2.30. The first-order valence-corrected chi connectivity index (χ1v) is 3.09. The van der Waals surface area contributed by atoms with Gasteiger partial charge in [0.1, 0.15) is 0 Å². The van der Waals surface area contributed by atoms with E-state index in [1.54, 1.807) is 0 Å². The second-order valence-electron chi connectivity index (χ2n) is 2.27. The van der Waals surface area contributed by atoms with E-state index in [9.17, 15) is 13.6 Å². The van der Waals surface area contributed by atoms with Crippen LogP contribution in [0.2, 0.25) is 0 Å². The van der Waals surface area contributed by atoms with E-state index in [1.807, 2.05) is 0 Å². The predicted molar refractivity (Wildman–Crippen MR) is 32.8 cm³/mol. The molecule has 0 radical (unpaired) electrons. The minimum absolute atomic E-state index is 0.0918. The summed E-state index contributed by atoms with van der Waals surface area (Å²) in [7, 11) is 0. The molecule has 1 heterocycles. The first-order valence-electron chi connectivity index (χ1n) is 3.09. The van der Waals surface area contributed by atoms with E-state index in [0.717, 1.165) is 0 Å². The zero-order valence-electron chi connectivity index (χ0n) is 5.59. The van der Waals surface area contributed by atoms with E-state index in [-0.39, 0.29) is 6.42 Å². The van der Waals surface area contributed by atoms with E-state index < -0.39 is 24.4 Å². The molecule has 11 heavy (non-hydrogen) atoms. The van der Waals surface area contributed by atoms with E-state index in [2.05, 4.69) is 10.7 Å². The van der Waals surface area contributed by atoms with Crippen molar-refractivity contribution in [3.63, 3.8) is 0 Å². The average molecular weight is 160 g/mol. The summed E-state index contributed by atoms with van der Waals surface area (Å²) in [6.07, 6.45) is 0.743. The van der Waals surface area contributed by atoms with Crippen molar-refractivity contribution in [2.45, 2.75) is 19.0 Å². The van der Waals surface area contributed by atoms with Crippen LogP contribution in [0.3, 0.4) is 0 Å². The topological polar surface area (TPSA) is 26.3 Å². The molecular weight excluding hydrogens is 154 g/mol. The van der Waals surface area contributed by atoms with Crippen LogP contribution in [0.1, 0.15) is 6.42 Å². The monoisotopic (exact) mass is 160 g/mol. The number of terminal acetylenes is 1. The van der Waals surface area contributed by atoms with Gasteiger partial charge in [0.25, 0.3) is 6.43 Å². The number of halogens is 2. The van der Waals surface area contributed by atoms with E-state index in [0.29, 0.717) is 0 Å². The molecule has 0 aromatic carbocycles. The number of alkyl halides is 2. The van der Waals surface area contributed by atoms with Gasteiger partial charge in [0.05, 0.1) is 12.3 Å². The lowest BCUT2D eigenvalue weighted by molar-refractivity contribution is -0.147. The molecule has 0 bridgehead atoms. The summed E-state index contributed by atoms with van der Waals surface area (Å²) in [4.78, 5) is 10.5. The highest BCUT2D eigenvalue weighted by molar-refractivity contribution is 5.72. The van der Waals surface area contributed by atoms with E-state index in [4.69, 9.17) is 6.42 Å². The van der Waals surface area contributed by atoms with Gasteiger partial charge in [0, 0.05) is 0 Å². The number of rotatable bonds is 1. The number of ether oxygens (including phenoxy) is 1. The highest BCUT2D eigenvalue weighted by Crippen LogP contribution is 2.25. The van der Waals surface area contributed by atoms with Crippen LogP contribution in [0, 0.1) is 18.3 Å². The van der Waals surface area contributed by atoms with Gasteiger partial charge in [0.2, 0.25) is 0 Å². The summed E-state index contributed by atoms with van der Waals surface area (Å²) in [5.41, 5.74) is 0. The Morgan fingerprint density at radius 1 is 1.73 bits per heavy atom. The summed E-state index contributed by atoms with van der Waals surface area (Å²) in [6, 6.07) is 0. The Kier molecular flexibility index (Phi) is 2.08. The first-order chi connectivity index (χ1) is 5.15. The van der Waals surface area contributed by atoms with Crippen LogP contribution in [-0.2, 0) is 9.53 Å². The zero-order chi connectivity index (χ0) is 8.43. The van der Waals surface area contributed by atoms with Crippen molar-refractivity contribution < 1.29 is 18.3 Å². The van der Waals surface area contributed by atoms with Crippen molar-refractivity contribution >= 4 is 5.97 Å². The van der Waals surface area contributed by atoms with Gasteiger partial charge in [-0.2, -0.15) is 0 Å². The SMILES string of the molecule is C#CC1CC(=O)OC1C(F)F. The molecule has 0 spiro atoms. The van der Waals surface area contributed by atoms with Gasteiger partial charge in [-0.15, -0.1) is 6.42 Å². The normalized spacial score (nSPS) is 30.2. The van der Waals surface area contributed by atoms with Crippen LogP contribution in [-0.4, -0.2) is 18.5 Å². The Morgan fingerprint density at radius 3 is 2.73 bits per heavy atom. The first kappa shape index (κ1) is 7.99. The van der Waals surface area contributed by atoms with Gasteiger partial charge in [0.15, 0.2) is 6.10 Å². The molecule has 1 aliphatic heterocycles. The zero-order valence-corrected chi connectivity index (χ0v) is 5.59. The number of esters is 1. The smallest absolute Gasteiger partial charge is 0.307 e. The minimum atomic E-state index is -2.68. The molecular formula is C7H6F2O2. The molecule has 2 nitrogen and oxygen atoms in total. The van der Waals surface area contributed by atoms with Crippen molar-refractivity contribution in [2.75, 3.05) is 0 Å². The lowest BCUT2D eigenvalue weighted by Gasteiger charge is -2.10. The molecule has 1 fully saturated rings. The molecule has 0 aromatic heterocycles. The maximum Gasteiger partial charge on any atom is 0.307 e. The van der Waals surface area contributed by atoms with Gasteiger partial charge in [-0.3, -0.25) is 4.79 Å². The van der Waals surface area contributed by atoms with Crippen molar-refractivity contribution in [3.8, 4) is 12.3 Å². The standard InChI is InChI=1S/C7H6F2O2/c1-2-4-3-5(10)11-6(4)7(8)9/h1,4,6-7H,3H2. The van der Waals surface area contributed by atoms with Crippen LogP contribution in [0.25, 0.3) is 0 Å². The molecule has 60 valence electrons. The molecule has 4 heteroatoms. The number of cyclic esters (lactones) is 1. The van der Waals surface area contributed by atoms with Crippen LogP contribution in [0.15, 0.2) is 0 Å². The molecule has 2 atom stereocenters. The van der Waals surface area contributed by atoms with Crippen LogP contribution >= 0.6 is 0 Å². The Morgan fingerprint density at radius 2 is 2.36 bits per heavy atom. The molecule has 2 unspecified atom stereocenters. The quantitative estimate of drug-likeness (QED) is 0.419. The van der Waals surface area contributed by atoms with Crippen LogP contribution in [0.5, 0.6) is 0 Å². The molecule has 0 N–H and O–H groups in total. The Bertz CT molecular complexity index is 207. The molecule has 0 aromatic rings. The molecule has 1 rings (SSSR count). The summed E-state index contributed by atoms with van der Waals surface area (Å²) < 4.78 is 28.2. The maximum absolute atomic E-state index is 12.0. The van der Waals surface area contributed by atoms with E-state index >= 15 is 0 Å². The number of hydrogen-bond donors (Lipinski definition) is 0. The predicted octanol–water partition coefficient (Wildman–Crippen LogP) is 0.816. The molecule has 0 saturated carbocycles. The Labute approximate surface area is 62.5 Å². The summed E-state index contributed by atoms with van der Waals surface area (Å²) in [5.74, 6) is 0.698. The van der Waals surface area contributed by atoms with Crippen molar-refractivity contribution in [1.29, 1.82) is 0 Å². The molecule has 1 saturated heterocycles. The Balaban J connectivity index is 2.66. The van der Waals surface area contributed by atoms with Gasteiger partial charge in [-0.05, 0) is 0 Å². The Hall–Kier alpha value is -1.11. The highest BCUT2D eigenvalue weighted by Gasteiger charge is 2.39. The van der Waals surface area contributed by atoms with Crippen LogP contribution < -0.4 is 0 Å². The third-order valence-electron chi connectivity index (χ3n) is 1.51. The van der Waals surface area contributed by atoms with Gasteiger partial charge in [-0.25, -0.2) is 8.78 Å². The number of hydrogen-bond acceptors (Lipinski definition) is 2. The number of carbonyl (C=O) groups is 1. The van der Waals surface area contributed by atoms with Gasteiger partial charge in [-0.1, -0.05) is 5.92 Å². The third kappa shape index (κ3) is 1.48. The lowest BCUT2D eigenvalue weighted by Crippen LogP contribution is -2.23. The van der Waals surface area contributed by atoms with Gasteiger partial charge >= 0.3 is 5.97 Å². The summed E-state index contributed by atoms with van der Waals surface area (Å²) in [6.45, 7) is 0. The third-order valence-corrected chi connectivity index (χ3v) is 1.51. The fourth-order valence-corrected chi connectivity index (χ4v) is 0.959. The van der Waals surface area contributed by atoms with Crippen molar-refractivity contribution in [2.24, 2.45) is 5.92 Å². The fraction of sp³-hybridized carbons (Fsp3) is 0.571. The molecule has 1 aliphatic rings. The minimum Gasteiger partial charge on any atom is -0.455 e. The summed E-state index contributed by atoms with van der Waals surface area (Å²) >= 11 is 0. The fourth-order valence-electron chi connectivity index (χ4n) is 0.959. The molecule has 0 aliphatic carbocycles. The second kappa shape index (κ2) is 2.87. The lowest BCUT2D eigenvalue weighted by atomic mass is 10.0. The largest absolute Gasteiger partial charge is 0.455 e.